The van der Waals surface area contributed by atoms with Crippen molar-refractivity contribution in [1.29, 1.82) is 0 Å². The molecule has 86 valence electrons. The number of hydrogen-bond donors (Lipinski definition) is 1. The van der Waals surface area contributed by atoms with Gasteiger partial charge in [0.2, 0.25) is 0 Å². The fourth-order valence-electron chi connectivity index (χ4n) is 1.58. The first kappa shape index (κ1) is 11.7. The normalized spacial score (nSPS) is 10.2. The van der Waals surface area contributed by atoms with Crippen molar-refractivity contribution in [3.63, 3.8) is 0 Å². The number of nitrogen functional groups attached to an aromatic ring is 1. The van der Waals surface area contributed by atoms with Crippen LogP contribution in [0.15, 0.2) is 42.5 Å². The zero-order valence-electron chi connectivity index (χ0n) is 9.41. The smallest absolute Gasteiger partial charge is 0.194 e. The molecule has 0 bridgehead atoms. The summed E-state index contributed by atoms with van der Waals surface area (Å²) >= 11 is 5.99. The third kappa shape index (κ3) is 2.32. The predicted octanol–water partition coefficient (Wildman–Crippen LogP) is 3.46. The van der Waals surface area contributed by atoms with Crippen LogP contribution in [-0.4, -0.2) is 5.78 Å². The highest BCUT2D eigenvalue weighted by Gasteiger charge is 2.12. The number of ketones is 1. The average molecular weight is 246 g/mol. The maximum atomic E-state index is 12.2. The van der Waals surface area contributed by atoms with Crippen LogP contribution in [0.3, 0.4) is 0 Å². The summed E-state index contributed by atoms with van der Waals surface area (Å²) in [5.41, 5.74) is 8.42. The van der Waals surface area contributed by atoms with E-state index in [1.807, 2.05) is 13.0 Å². The maximum absolute atomic E-state index is 12.2. The van der Waals surface area contributed by atoms with Crippen LogP contribution in [0.2, 0.25) is 5.02 Å². The zero-order chi connectivity index (χ0) is 12.4. The van der Waals surface area contributed by atoms with Crippen molar-refractivity contribution in [3.05, 3.63) is 64.2 Å². The lowest BCUT2D eigenvalue weighted by atomic mass is 10.0. The first-order chi connectivity index (χ1) is 8.09. The van der Waals surface area contributed by atoms with Crippen LogP contribution in [0.1, 0.15) is 21.5 Å². The van der Waals surface area contributed by atoms with Gasteiger partial charge in [-0.3, -0.25) is 4.79 Å². The third-order valence-electron chi connectivity index (χ3n) is 2.66. The summed E-state index contributed by atoms with van der Waals surface area (Å²) in [6.45, 7) is 1.90. The molecular formula is C14H12ClNO. The van der Waals surface area contributed by atoms with Gasteiger partial charge < -0.3 is 5.73 Å². The van der Waals surface area contributed by atoms with Gasteiger partial charge in [0.05, 0.1) is 5.02 Å². The molecule has 0 radical (unpaired) electrons. The van der Waals surface area contributed by atoms with Crippen molar-refractivity contribution in [2.45, 2.75) is 6.92 Å². The molecule has 2 nitrogen and oxygen atoms in total. The fourth-order valence-corrected chi connectivity index (χ4v) is 1.80. The second kappa shape index (κ2) is 4.60. The molecule has 2 aromatic rings. The van der Waals surface area contributed by atoms with Gasteiger partial charge in [-0.15, -0.1) is 0 Å². The molecule has 0 spiro atoms. The molecule has 0 saturated carbocycles. The minimum atomic E-state index is -0.109. The second-order valence-electron chi connectivity index (χ2n) is 3.88. The monoisotopic (exact) mass is 245 g/mol. The Morgan fingerprint density at radius 3 is 2.53 bits per heavy atom. The Hall–Kier alpha value is -1.80. The lowest BCUT2D eigenvalue weighted by molar-refractivity contribution is 0.103. The van der Waals surface area contributed by atoms with Crippen LogP contribution < -0.4 is 5.73 Å². The molecule has 0 amide bonds. The van der Waals surface area contributed by atoms with Crippen LogP contribution in [0, 0.1) is 6.92 Å². The molecular weight excluding hydrogens is 234 g/mol. The van der Waals surface area contributed by atoms with Crippen molar-refractivity contribution >= 4 is 23.1 Å². The van der Waals surface area contributed by atoms with Crippen molar-refractivity contribution in [2.75, 3.05) is 5.73 Å². The number of aryl methyl sites for hydroxylation is 1. The van der Waals surface area contributed by atoms with Crippen molar-refractivity contribution < 1.29 is 4.79 Å². The summed E-state index contributed by atoms with van der Waals surface area (Å²) in [7, 11) is 0. The largest absolute Gasteiger partial charge is 0.398 e. The summed E-state index contributed by atoms with van der Waals surface area (Å²) < 4.78 is 0. The van der Waals surface area contributed by atoms with Gasteiger partial charge in [0.1, 0.15) is 0 Å². The molecule has 0 aliphatic rings. The molecule has 2 rings (SSSR count). The van der Waals surface area contributed by atoms with Gasteiger partial charge in [-0.2, -0.15) is 0 Å². The Bertz CT molecular complexity index is 578. The molecule has 17 heavy (non-hydrogen) atoms. The van der Waals surface area contributed by atoms with E-state index in [1.165, 1.54) is 0 Å². The molecule has 2 N–H and O–H groups in total. The van der Waals surface area contributed by atoms with E-state index in [0.717, 1.165) is 5.56 Å². The number of hydrogen-bond acceptors (Lipinski definition) is 2. The lowest BCUT2D eigenvalue weighted by Gasteiger charge is -2.05. The molecule has 0 fully saturated rings. The molecule has 0 atom stereocenters. The first-order valence-corrected chi connectivity index (χ1v) is 5.63. The van der Waals surface area contributed by atoms with Crippen LogP contribution in [-0.2, 0) is 0 Å². The van der Waals surface area contributed by atoms with Gasteiger partial charge in [0, 0.05) is 16.8 Å². The van der Waals surface area contributed by atoms with Crippen molar-refractivity contribution in [2.24, 2.45) is 0 Å². The number of benzene rings is 2. The number of halogens is 1. The Labute approximate surface area is 105 Å². The predicted molar refractivity (Wildman–Crippen MR) is 70.5 cm³/mol. The van der Waals surface area contributed by atoms with E-state index in [4.69, 9.17) is 17.3 Å². The SMILES string of the molecule is Cc1ccc(C(=O)c2ccccc2Cl)cc1N. The summed E-state index contributed by atoms with van der Waals surface area (Å²) in [6, 6.07) is 12.3. The van der Waals surface area contributed by atoms with Crippen LogP contribution in [0.25, 0.3) is 0 Å². The average Bonchev–Trinajstić information content (AvgIpc) is 2.32. The molecule has 0 saturated heterocycles. The molecule has 0 aromatic heterocycles. The summed E-state index contributed by atoms with van der Waals surface area (Å²) in [4.78, 5) is 12.2. The highest BCUT2D eigenvalue weighted by Crippen LogP contribution is 2.21. The van der Waals surface area contributed by atoms with E-state index in [9.17, 15) is 4.79 Å². The number of carbonyl (C=O) groups excluding carboxylic acids is 1. The molecule has 0 unspecified atom stereocenters. The summed E-state index contributed by atoms with van der Waals surface area (Å²) in [5.74, 6) is -0.109. The van der Waals surface area contributed by atoms with Crippen LogP contribution in [0.5, 0.6) is 0 Å². The lowest BCUT2D eigenvalue weighted by Crippen LogP contribution is -2.03. The third-order valence-corrected chi connectivity index (χ3v) is 2.99. The summed E-state index contributed by atoms with van der Waals surface area (Å²) in [5, 5.41) is 0.455. The highest BCUT2D eigenvalue weighted by atomic mass is 35.5. The minimum Gasteiger partial charge on any atom is -0.398 e. The quantitative estimate of drug-likeness (QED) is 0.650. The van der Waals surface area contributed by atoms with Crippen molar-refractivity contribution in [3.8, 4) is 0 Å². The van der Waals surface area contributed by atoms with Gasteiger partial charge in [-0.25, -0.2) is 0 Å². The van der Waals surface area contributed by atoms with Crippen LogP contribution in [0.4, 0.5) is 5.69 Å². The van der Waals surface area contributed by atoms with Gasteiger partial charge in [-0.1, -0.05) is 35.9 Å². The Kier molecular flexibility index (Phi) is 3.16. The topological polar surface area (TPSA) is 43.1 Å². The first-order valence-electron chi connectivity index (χ1n) is 5.25. The molecule has 0 aliphatic carbocycles. The fraction of sp³-hybridized carbons (Fsp3) is 0.0714. The maximum Gasteiger partial charge on any atom is 0.194 e. The van der Waals surface area contributed by atoms with E-state index in [2.05, 4.69) is 0 Å². The zero-order valence-corrected chi connectivity index (χ0v) is 10.2. The number of carbonyl (C=O) groups is 1. The molecule has 3 heteroatoms. The standard InChI is InChI=1S/C14H12ClNO/c1-9-6-7-10(8-13(9)16)14(17)11-4-2-3-5-12(11)15/h2-8H,16H2,1H3. The van der Waals surface area contributed by atoms with E-state index in [0.29, 0.717) is 21.8 Å². The Balaban J connectivity index is 2.44. The number of nitrogens with two attached hydrogens (primary N) is 1. The van der Waals surface area contributed by atoms with E-state index in [1.54, 1.807) is 36.4 Å². The molecule has 2 aromatic carbocycles. The number of rotatable bonds is 2. The van der Waals surface area contributed by atoms with Gasteiger partial charge in [0.15, 0.2) is 5.78 Å². The molecule has 0 heterocycles. The van der Waals surface area contributed by atoms with Gasteiger partial charge in [-0.05, 0) is 30.7 Å². The number of anilines is 1. The van der Waals surface area contributed by atoms with Crippen molar-refractivity contribution in [1.82, 2.24) is 0 Å². The second-order valence-corrected chi connectivity index (χ2v) is 4.29. The van der Waals surface area contributed by atoms with E-state index >= 15 is 0 Å². The summed E-state index contributed by atoms with van der Waals surface area (Å²) in [6.07, 6.45) is 0. The van der Waals surface area contributed by atoms with E-state index in [-0.39, 0.29) is 5.78 Å². The minimum absolute atomic E-state index is 0.109. The highest BCUT2D eigenvalue weighted by molar-refractivity contribution is 6.35. The Morgan fingerprint density at radius 1 is 1.18 bits per heavy atom. The van der Waals surface area contributed by atoms with Crippen LogP contribution >= 0.6 is 11.6 Å². The molecule has 0 aliphatic heterocycles. The van der Waals surface area contributed by atoms with E-state index < -0.39 is 0 Å². The Morgan fingerprint density at radius 2 is 1.88 bits per heavy atom. The van der Waals surface area contributed by atoms with Gasteiger partial charge >= 0.3 is 0 Å². The van der Waals surface area contributed by atoms with Gasteiger partial charge in [0.25, 0.3) is 0 Å².